The number of rotatable bonds is 7. The Morgan fingerprint density at radius 1 is 1.19 bits per heavy atom. The molecule has 172 valence electrons. The average molecular weight is 462 g/mol. The molecule has 2 aliphatic rings. The number of methoxy groups -OCH3 is 1. The average Bonchev–Trinajstić information content (AvgIpc) is 2.70. The summed E-state index contributed by atoms with van der Waals surface area (Å²) in [5.41, 5.74) is 4.51. The summed E-state index contributed by atoms with van der Waals surface area (Å²) < 4.78 is 11.5. The van der Waals surface area contributed by atoms with Gasteiger partial charge in [-0.25, -0.2) is 4.79 Å². The number of likely N-dealkylation sites (N-methyl/N-ethyl adjacent to an activating group) is 1. The van der Waals surface area contributed by atoms with Crippen molar-refractivity contribution in [3.05, 3.63) is 41.0 Å². The molecule has 0 saturated carbocycles. The predicted molar refractivity (Wildman–Crippen MR) is 134 cm³/mol. The lowest BCUT2D eigenvalue weighted by atomic mass is 9.85. The van der Waals surface area contributed by atoms with E-state index in [4.69, 9.17) is 9.16 Å². The van der Waals surface area contributed by atoms with Gasteiger partial charge >= 0.3 is 5.97 Å². The Morgan fingerprint density at radius 2 is 1.87 bits per heavy atom. The van der Waals surface area contributed by atoms with Gasteiger partial charge in [-0.05, 0) is 61.1 Å². The van der Waals surface area contributed by atoms with Crippen LogP contribution in [-0.4, -0.2) is 63.5 Å². The molecule has 1 aromatic carbocycles. The first-order chi connectivity index (χ1) is 14.5. The molecule has 1 fully saturated rings. The van der Waals surface area contributed by atoms with Crippen LogP contribution in [0.2, 0.25) is 18.1 Å². The molecule has 0 aromatic heterocycles. The maximum atomic E-state index is 12.7. The van der Waals surface area contributed by atoms with E-state index in [0.717, 1.165) is 48.5 Å². The van der Waals surface area contributed by atoms with Gasteiger partial charge in [0, 0.05) is 24.2 Å². The van der Waals surface area contributed by atoms with Gasteiger partial charge in [-0.3, -0.25) is 4.90 Å². The number of nitrogens with zero attached hydrogens (tertiary/aromatic N) is 1. The van der Waals surface area contributed by atoms with E-state index in [1.54, 1.807) is 0 Å². The number of ether oxygens (including phenoxy) is 1. The zero-order valence-electron chi connectivity index (χ0n) is 20.3. The number of esters is 1. The summed E-state index contributed by atoms with van der Waals surface area (Å²) in [5, 5.41) is 0.255. The van der Waals surface area contributed by atoms with Crippen molar-refractivity contribution in [3.63, 3.8) is 0 Å². The fraction of sp³-hybridized carbons (Fsp3) is 0.640. The van der Waals surface area contributed by atoms with Gasteiger partial charge in [0.25, 0.3) is 0 Å². The highest BCUT2D eigenvalue weighted by atomic mass is 32.2. The van der Waals surface area contributed by atoms with Gasteiger partial charge in [-0.1, -0.05) is 45.0 Å². The lowest BCUT2D eigenvalue weighted by Crippen LogP contribution is -2.52. The molecule has 2 bridgehead atoms. The first-order valence-corrected chi connectivity index (χ1v) is 15.5. The van der Waals surface area contributed by atoms with Gasteiger partial charge < -0.3 is 9.16 Å². The Kier molecular flexibility index (Phi) is 7.78. The van der Waals surface area contributed by atoms with Crippen molar-refractivity contribution < 1.29 is 14.0 Å². The van der Waals surface area contributed by atoms with Crippen LogP contribution in [0.15, 0.2) is 29.8 Å². The highest BCUT2D eigenvalue weighted by Gasteiger charge is 2.40. The zero-order chi connectivity index (χ0) is 22.8. The maximum absolute atomic E-state index is 12.7. The van der Waals surface area contributed by atoms with Gasteiger partial charge in [0.15, 0.2) is 8.32 Å². The molecule has 4 nitrogen and oxygen atoms in total. The Morgan fingerprint density at radius 3 is 2.48 bits per heavy atom. The number of hydrogen-bond donors (Lipinski definition) is 0. The summed E-state index contributed by atoms with van der Waals surface area (Å²) in [6.45, 7) is 12.3. The molecule has 0 spiro atoms. The Bertz CT molecular complexity index is 813. The molecule has 0 N–H and O–H groups in total. The van der Waals surface area contributed by atoms with Crippen LogP contribution in [0.3, 0.4) is 0 Å². The number of fused-ring (bicyclic) bond motifs is 2. The van der Waals surface area contributed by atoms with E-state index in [1.165, 1.54) is 18.2 Å². The lowest BCUT2D eigenvalue weighted by Gasteiger charge is -2.45. The molecule has 2 atom stereocenters. The van der Waals surface area contributed by atoms with E-state index >= 15 is 0 Å². The quantitative estimate of drug-likeness (QED) is 0.309. The Labute approximate surface area is 193 Å². The van der Waals surface area contributed by atoms with Crippen molar-refractivity contribution >= 4 is 31.6 Å². The predicted octanol–water partition coefficient (Wildman–Crippen LogP) is 5.39. The van der Waals surface area contributed by atoms with Crippen molar-refractivity contribution in [2.75, 3.05) is 32.3 Å². The van der Waals surface area contributed by atoms with Gasteiger partial charge in [0.2, 0.25) is 0 Å². The molecule has 2 heterocycles. The third kappa shape index (κ3) is 5.46. The standard InChI is InChI=1S/C25H39NO3SSi/c1-25(2,3)31(6,7)29-14-8-9-18-10-12-19(13-11-18)21-15-20-16-30-17-22(26(20)4)23(21)24(27)28-5/h10-13,20,22H,8-9,14-17H2,1-7H3. The van der Waals surface area contributed by atoms with Crippen LogP contribution in [0.4, 0.5) is 0 Å². The maximum Gasteiger partial charge on any atom is 0.335 e. The number of carbonyl (C=O) groups is 1. The van der Waals surface area contributed by atoms with Crippen LogP contribution in [0.1, 0.15) is 44.7 Å². The SMILES string of the molecule is COC(=O)C1=C(c2ccc(CCCO[Si](C)(C)C(C)(C)C)cc2)CC2CSCC1N2C. The second-order valence-corrected chi connectivity index (χ2v) is 16.3. The van der Waals surface area contributed by atoms with Crippen molar-refractivity contribution in [3.8, 4) is 0 Å². The number of benzene rings is 1. The summed E-state index contributed by atoms with van der Waals surface area (Å²) in [6, 6.07) is 9.44. The van der Waals surface area contributed by atoms with Crippen molar-refractivity contribution in [2.24, 2.45) is 0 Å². The lowest BCUT2D eigenvalue weighted by molar-refractivity contribution is -0.136. The summed E-state index contributed by atoms with van der Waals surface area (Å²) in [5.74, 6) is 1.89. The molecule has 2 unspecified atom stereocenters. The molecule has 1 aromatic rings. The summed E-state index contributed by atoms with van der Waals surface area (Å²) in [4.78, 5) is 15.0. The Hall–Kier alpha value is -1.08. The molecular weight excluding hydrogens is 422 g/mol. The second kappa shape index (κ2) is 9.82. The molecule has 31 heavy (non-hydrogen) atoms. The van der Waals surface area contributed by atoms with E-state index < -0.39 is 8.32 Å². The smallest absolute Gasteiger partial charge is 0.335 e. The number of carbonyl (C=O) groups excluding carboxylic acids is 1. The van der Waals surface area contributed by atoms with Crippen molar-refractivity contribution in [1.29, 1.82) is 0 Å². The van der Waals surface area contributed by atoms with E-state index in [0.29, 0.717) is 6.04 Å². The largest absolute Gasteiger partial charge is 0.466 e. The van der Waals surface area contributed by atoms with E-state index in [-0.39, 0.29) is 17.0 Å². The first-order valence-electron chi connectivity index (χ1n) is 11.4. The Balaban J connectivity index is 1.69. The highest BCUT2D eigenvalue weighted by Crippen LogP contribution is 2.40. The molecule has 0 amide bonds. The van der Waals surface area contributed by atoms with Gasteiger partial charge in [-0.2, -0.15) is 11.8 Å². The van der Waals surface area contributed by atoms with Gasteiger partial charge in [0.1, 0.15) is 0 Å². The fourth-order valence-corrected chi connectivity index (χ4v) is 6.65. The van der Waals surface area contributed by atoms with Crippen LogP contribution < -0.4 is 0 Å². The molecule has 3 rings (SSSR count). The minimum Gasteiger partial charge on any atom is -0.466 e. The second-order valence-electron chi connectivity index (χ2n) is 10.4. The molecular formula is C25H39NO3SSi. The van der Waals surface area contributed by atoms with E-state index in [9.17, 15) is 4.79 Å². The fourth-order valence-electron chi connectivity index (χ4n) is 4.18. The molecule has 6 heteroatoms. The zero-order valence-corrected chi connectivity index (χ0v) is 22.1. The normalized spacial score (nSPS) is 22.5. The van der Waals surface area contributed by atoms with Gasteiger partial charge in [-0.15, -0.1) is 0 Å². The molecule has 2 aliphatic heterocycles. The number of aryl methyl sites for hydroxylation is 1. The number of thioether (sulfide) groups is 1. The van der Waals surface area contributed by atoms with Crippen LogP contribution in [0.5, 0.6) is 0 Å². The van der Waals surface area contributed by atoms with Crippen molar-refractivity contribution in [1.82, 2.24) is 4.90 Å². The minimum atomic E-state index is -1.67. The van der Waals surface area contributed by atoms with E-state index in [1.807, 2.05) is 11.8 Å². The minimum absolute atomic E-state index is 0.145. The van der Waals surface area contributed by atoms with E-state index in [2.05, 4.69) is 70.1 Å². The van der Waals surface area contributed by atoms with Crippen LogP contribution >= 0.6 is 11.8 Å². The molecule has 0 radical (unpaired) electrons. The van der Waals surface area contributed by atoms with Crippen LogP contribution in [-0.2, 0) is 20.4 Å². The number of hydrogen-bond acceptors (Lipinski definition) is 5. The monoisotopic (exact) mass is 461 g/mol. The topological polar surface area (TPSA) is 38.8 Å². The first kappa shape index (κ1) is 24.6. The summed E-state index contributed by atoms with van der Waals surface area (Å²) >= 11 is 1.94. The van der Waals surface area contributed by atoms with Crippen LogP contribution in [0.25, 0.3) is 5.57 Å². The molecule has 0 aliphatic carbocycles. The summed E-state index contributed by atoms with van der Waals surface area (Å²) in [7, 11) is 1.96. The summed E-state index contributed by atoms with van der Waals surface area (Å²) in [6.07, 6.45) is 2.96. The van der Waals surface area contributed by atoms with Crippen LogP contribution in [0, 0.1) is 0 Å². The highest BCUT2D eigenvalue weighted by molar-refractivity contribution is 7.99. The van der Waals surface area contributed by atoms with Gasteiger partial charge in [0.05, 0.1) is 18.7 Å². The molecule has 1 saturated heterocycles. The van der Waals surface area contributed by atoms with Crippen molar-refractivity contribution in [2.45, 2.75) is 70.2 Å². The third-order valence-electron chi connectivity index (χ3n) is 7.34. The third-order valence-corrected chi connectivity index (χ3v) is 13.0.